The van der Waals surface area contributed by atoms with Crippen molar-refractivity contribution >= 4 is 23.2 Å². The number of aromatic nitrogens is 1. The fourth-order valence-electron chi connectivity index (χ4n) is 2.40. The van der Waals surface area contributed by atoms with Gasteiger partial charge in [0.15, 0.2) is 0 Å². The quantitative estimate of drug-likeness (QED) is 0.925. The fourth-order valence-corrected chi connectivity index (χ4v) is 3.44. The molecule has 0 aliphatic carbocycles. The lowest BCUT2D eigenvalue weighted by Crippen LogP contribution is -2.44. The Morgan fingerprint density at radius 2 is 2.15 bits per heavy atom. The molecule has 0 spiro atoms. The number of likely N-dealkylation sites (tertiary alicyclic amines) is 1. The number of hydrogen-bond donors (Lipinski definition) is 1. The number of amides is 2. The fraction of sp³-hybridized carbons (Fsp3) is 0.643. The number of piperidine rings is 1. The van der Waals surface area contributed by atoms with Crippen LogP contribution in [0.4, 0.5) is 0 Å². The molecule has 1 aliphatic rings. The van der Waals surface area contributed by atoms with Crippen molar-refractivity contribution in [3.63, 3.8) is 0 Å². The number of nitrogens with zero attached hydrogens (tertiary/aromatic N) is 2. The summed E-state index contributed by atoms with van der Waals surface area (Å²) in [6.45, 7) is 7.12. The van der Waals surface area contributed by atoms with Crippen molar-refractivity contribution < 1.29 is 9.59 Å². The minimum Gasteiger partial charge on any atom is -0.369 e. The molecule has 0 aromatic carbocycles. The summed E-state index contributed by atoms with van der Waals surface area (Å²) < 4.78 is 0. The molecule has 2 N–H and O–H groups in total. The minimum atomic E-state index is -0.314. The van der Waals surface area contributed by atoms with Crippen LogP contribution in [0.1, 0.15) is 53.0 Å². The zero-order chi connectivity index (χ0) is 14.9. The van der Waals surface area contributed by atoms with E-state index >= 15 is 0 Å². The summed E-state index contributed by atoms with van der Waals surface area (Å²) in [7, 11) is 0. The highest BCUT2D eigenvalue weighted by Crippen LogP contribution is 2.27. The summed E-state index contributed by atoms with van der Waals surface area (Å²) in [4.78, 5) is 30.8. The largest absolute Gasteiger partial charge is 0.369 e. The molecule has 1 fully saturated rings. The number of thiazole rings is 1. The molecular formula is C14H21N3O2S. The maximum Gasteiger partial charge on any atom is 0.265 e. The van der Waals surface area contributed by atoms with Crippen LogP contribution in [-0.4, -0.2) is 34.8 Å². The van der Waals surface area contributed by atoms with Gasteiger partial charge in [-0.15, -0.1) is 11.3 Å². The third kappa shape index (κ3) is 3.00. The molecule has 2 heterocycles. The highest BCUT2D eigenvalue weighted by molar-refractivity contribution is 7.13. The van der Waals surface area contributed by atoms with Crippen molar-refractivity contribution in [2.24, 2.45) is 11.7 Å². The Balaban J connectivity index is 2.16. The second-order valence-corrected chi connectivity index (χ2v) is 6.64. The van der Waals surface area contributed by atoms with Gasteiger partial charge < -0.3 is 10.6 Å². The Hall–Kier alpha value is -1.43. The monoisotopic (exact) mass is 295 g/mol. The topological polar surface area (TPSA) is 76.3 Å². The Bertz CT molecular complexity index is 524. The van der Waals surface area contributed by atoms with E-state index in [2.05, 4.69) is 18.8 Å². The van der Waals surface area contributed by atoms with Gasteiger partial charge in [-0.2, -0.15) is 0 Å². The van der Waals surface area contributed by atoms with Crippen molar-refractivity contribution in [2.45, 2.75) is 39.5 Å². The van der Waals surface area contributed by atoms with E-state index in [-0.39, 0.29) is 17.7 Å². The van der Waals surface area contributed by atoms with Gasteiger partial charge in [0.25, 0.3) is 5.91 Å². The zero-order valence-electron chi connectivity index (χ0n) is 12.2. The van der Waals surface area contributed by atoms with Crippen LogP contribution in [0.5, 0.6) is 0 Å². The van der Waals surface area contributed by atoms with Gasteiger partial charge in [-0.3, -0.25) is 9.59 Å². The molecule has 0 unspecified atom stereocenters. The minimum absolute atomic E-state index is 0.0159. The van der Waals surface area contributed by atoms with E-state index in [9.17, 15) is 9.59 Å². The van der Waals surface area contributed by atoms with Crippen LogP contribution in [0.15, 0.2) is 0 Å². The molecule has 110 valence electrons. The summed E-state index contributed by atoms with van der Waals surface area (Å²) in [6, 6.07) is 0. The van der Waals surface area contributed by atoms with Crippen LogP contribution in [0.25, 0.3) is 0 Å². The van der Waals surface area contributed by atoms with E-state index in [1.807, 2.05) is 6.92 Å². The first-order chi connectivity index (χ1) is 9.40. The maximum atomic E-state index is 12.6. The molecule has 1 aromatic rings. The number of aryl methyl sites for hydroxylation is 1. The summed E-state index contributed by atoms with van der Waals surface area (Å²) in [6.07, 6.45) is 1.60. The van der Waals surface area contributed by atoms with Gasteiger partial charge in [-0.25, -0.2) is 4.98 Å². The Morgan fingerprint density at radius 1 is 1.45 bits per heavy atom. The number of carbonyl (C=O) groups is 2. The van der Waals surface area contributed by atoms with Crippen LogP contribution in [0, 0.1) is 12.8 Å². The molecule has 6 heteroatoms. The van der Waals surface area contributed by atoms with Crippen molar-refractivity contribution in [2.75, 3.05) is 13.1 Å². The van der Waals surface area contributed by atoms with E-state index in [1.165, 1.54) is 11.3 Å². The van der Waals surface area contributed by atoms with Crippen molar-refractivity contribution in [3.05, 3.63) is 15.6 Å². The summed E-state index contributed by atoms with van der Waals surface area (Å²) in [5.74, 6) is -0.227. The number of rotatable bonds is 3. The van der Waals surface area contributed by atoms with Gasteiger partial charge in [-0.1, -0.05) is 13.8 Å². The lowest BCUT2D eigenvalue weighted by Gasteiger charge is -2.30. The van der Waals surface area contributed by atoms with E-state index in [1.54, 1.807) is 4.90 Å². The standard InChI is InChI=1S/C14H21N3O2S/c1-8(2)13-16-9(3)11(20-13)14(19)17-6-4-5-10(7-17)12(15)18/h8,10H,4-7H2,1-3H3,(H2,15,18)/t10-/m1/s1. The maximum absolute atomic E-state index is 12.6. The van der Waals surface area contributed by atoms with Crippen LogP contribution < -0.4 is 5.73 Å². The normalized spacial score (nSPS) is 19.4. The van der Waals surface area contributed by atoms with Crippen LogP contribution in [0.2, 0.25) is 0 Å². The average molecular weight is 295 g/mol. The molecule has 0 bridgehead atoms. The number of hydrogen-bond acceptors (Lipinski definition) is 4. The lowest BCUT2D eigenvalue weighted by molar-refractivity contribution is -0.123. The Morgan fingerprint density at radius 3 is 2.70 bits per heavy atom. The number of primary amides is 1. The molecule has 1 aromatic heterocycles. The SMILES string of the molecule is Cc1nc(C(C)C)sc1C(=O)N1CCC[C@@H](C(N)=O)C1. The molecule has 1 saturated heterocycles. The van der Waals surface area contributed by atoms with Gasteiger partial charge in [0.1, 0.15) is 4.88 Å². The first-order valence-corrected chi connectivity index (χ1v) is 7.77. The molecular weight excluding hydrogens is 274 g/mol. The Kier molecular flexibility index (Phi) is 4.42. The molecule has 1 atom stereocenters. The highest BCUT2D eigenvalue weighted by atomic mass is 32.1. The number of nitrogens with two attached hydrogens (primary N) is 1. The highest BCUT2D eigenvalue weighted by Gasteiger charge is 2.29. The van der Waals surface area contributed by atoms with Crippen molar-refractivity contribution in [3.8, 4) is 0 Å². The van der Waals surface area contributed by atoms with Gasteiger partial charge in [0.2, 0.25) is 5.91 Å². The summed E-state index contributed by atoms with van der Waals surface area (Å²) in [5, 5.41) is 0.981. The van der Waals surface area contributed by atoms with Crippen LogP contribution >= 0.6 is 11.3 Å². The molecule has 0 radical (unpaired) electrons. The van der Waals surface area contributed by atoms with E-state index in [0.29, 0.717) is 23.9 Å². The third-order valence-electron chi connectivity index (χ3n) is 3.61. The van der Waals surface area contributed by atoms with Crippen LogP contribution in [-0.2, 0) is 4.79 Å². The molecule has 1 aliphatic heterocycles. The van der Waals surface area contributed by atoms with Gasteiger partial charge in [0.05, 0.1) is 16.6 Å². The van der Waals surface area contributed by atoms with E-state index in [0.717, 1.165) is 23.5 Å². The van der Waals surface area contributed by atoms with Gasteiger partial charge in [0, 0.05) is 19.0 Å². The van der Waals surface area contributed by atoms with Crippen LogP contribution in [0.3, 0.4) is 0 Å². The second kappa shape index (κ2) is 5.91. The zero-order valence-corrected chi connectivity index (χ0v) is 13.0. The lowest BCUT2D eigenvalue weighted by atomic mass is 9.97. The van der Waals surface area contributed by atoms with Crippen molar-refractivity contribution in [1.29, 1.82) is 0 Å². The van der Waals surface area contributed by atoms with Gasteiger partial charge >= 0.3 is 0 Å². The second-order valence-electron chi connectivity index (χ2n) is 5.61. The molecule has 5 nitrogen and oxygen atoms in total. The third-order valence-corrected chi connectivity index (χ3v) is 5.06. The molecule has 20 heavy (non-hydrogen) atoms. The number of carbonyl (C=O) groups excluding carboxylic acids is 2. The van der Waals surface area contributed by atoms with E-state index in [4.69, 9.17) is 5.73 Å². The van der Waals surface area contributed by atoms with Gasteiger partial charge in [-0.05, 0) is 19.8 Å². The average Bonchev–Trinajstić information content (AvgIpc) is 2.80. The predicted octanol–water partition coefficient (Wildman–Crippen LogP) is 1.91. The summed E-state index contributed by atoms with van der Waals surface area (Å²) >= 11 is 1.46. The smallest absolute Gasteiger partial charge is 0.265 e. The molecule has 2 amide bonds. The summed E-state index contributed by atoms with van der Waals surface area (Å²) in [5.41, 5.74) is 6.14. The van der Waals surface area contributed by atoms with Crippen molar-refractivity contribution in [1.82, 2.24) is 9.88 Å². The first kappa shape index (κ1) is 15.0. The first-order valence-electron chi connectivity index (χ1n) is 6.96. The van der Waals surface area contributed by atoms with E-state index < -0.39 is 0 Å². The Labute approximate surface area is 123 Å². The molecule has 0 saturated carbocycles. The molecule has 2 rings (SSSR count). The predicted molar refractivity (Wildman–Crippen MR) is 78.8 cm³/mol.